The summed E-state index contributed by atoms with van der Waals surface area (Å²) in [5.74, 6) is 0. The Labute approximate surface area is 57.6 Å². The van der Waals surface area contributed by atoms with Gasteiger partial charge in [-0.25, -0.2) is 0 Å². The van der Waals surface area contributed by atoms with E-state index in [0.29, 0.717) is 0 Å². The van der Waals surface area contributed by atoms with E-state index in [0.717, 1.165) is 16.6 Å². The van der Waals surface area contributed by atoms with Crippen LogP contribution in [0.25, 0.3) is 0 Å². The van der Waals surface area contributed by atoms with E-state index in [1.54, 1.807) is 0 Å². The molecule has 0 N–H and O–H groups in total. The van der Waals surface area contributed by atoms with Crippen LogP contribution in [0, 0.1) is 0 Å². The molecule has 0 aromatic heterocycles. The van der Waals surface area contributed by atoms with Crippen LogP contribution in [-0.2, 0) is 2.84 Å². The van der Waals surface area contributed by atoms with Crippen molar-refractivity contribution in [3.8, 4) is 0 Å². The minimum absolute atomic E-state index is 0.832. The third-order valence-electron chi connectivity index (χ3n) is 0. The second-order valence-electron chi connectivity index (χ2n) is 0.486. The SMILES string of the molecule is O=C([O-])[O-].[Al+2][O][AlH2]. The molecule has 7 heavy (non-hydrogen) atoms. The van der Waals surface area contributed by atoms with Crippen molar-refractivity contribution in [2.45, 2.75) is 0 Å². The van der Waals surface area contributed by atoms with Crippen molar-refractivity contribution < 1.29 is 17.8 Å². The Balaban J connectivity index is 0. The van der Waals surface area contributed by atoms with Gasteiger partial charge in [-0.05, 0) is 6.16 Å². The Kier molecular flexibility index (Phi) is 14.1. The van der Waals surface area contributed by atoms with Gasteiger partial charge in [0.05, 0.1) is 0 Å². The summed E-state index contributed by atoms with van der Waals surface area (Å²) >= 11 is 2.97. The second-order valence-corrected chi connectivity index (χ2v) is 2.37. The Morgan fingerprint density at radius 2 is 1.71 bits per heavy atom. The van der Waals surface area contributed by atoms with E-state index in [1.807, 2.05) is 0 Å². The number of carbonyl (C=O) groups excluding carboxylic acids is 1. The monoisotopic (exact) mass is 132 g/mol. The molecule has 0 heterocycles. The van der Waals surface area contributed by atoms with Crippen molar-refractivity contribution in [2.24, 2.45) is 0 Å². The van der Waals surface area contributed by atoms with Gasteiger partial charge in [0.2, 0.25) is 0 Å². The third-order valence-corrected chi connectivity index (χ3v) is 0. The molecule has 0 atom stereocenters. The fourth-order valence-corrected chi connectivity index (χ4v) is 0. The Bertz CT molecular complexity index is 41.0. The van der Waals surface area contributed by atoms with Gasteiger partial charge >= 0.3 is 36.1 Å². The number of hydrogen-bond donors (Lipinski definition) is 0. The summed E-state index contributed by atoms with van der Waals surface area (Å²) in [5.41, 5.74) is 0. The van der Waals surface area contributed by atoms with Crippen molar-refractivity contribution in [3.05, 3.63) is 0 Å². The van der Waals surface area contributed by atoms with E-state index in [2.05, 4.69) is 19.5 Å². The molecule has 0 aliphatic rings. The van der Waals surface area contributed by atoms with Crippen LogP contribution in [0.4, 0.5) is 4.79 Å². The summed E-state index contributed by atoms with van der Waals surface area (Å²) in [5, 5.41) is 16.7. The molecule has 0 unspecified atom stereocenters. The average Bonchev–Trinajstić information content (AvgIpc) is 1.33. The van der Waals surface area contributed by atoms with Crippen molar-refractivity contribution in [1.82, 2.24) is 0 Å². The van der Waals surface area contributed by atoms with E-state index >= 15 is 0 Å². The second kappa shape index (κ2) is 9.57. The maximum absolute atomic E-state index is 8.33. The molecule has 6 heteroatoms. The van der Waals surface area contributed by atoms with Crippen LogP contribution in [0.5, 0.6) is 0 Å². The van der Waals surface area contributed by atoms with Gasteiger partial charge in [-0.2, -0.15) is 0 Å². The van der Waals surface area contributed by atoms with E-state index in [4.69, 9.17) is 15.0 Å². The van der Waals surface area contributed by atoms with Crippen molar-refractivity contribution in [1.29, 1.82) is 0 Å². The van der Waals surface area contributed by atoms with Gasteiger partial charge in [-0.15, -0.1) is 0 Å². The van der Waals surface area contributed by atoms with Crippen molar-refractivity contribution in [3.63, 3.8) is 0 Å². The summed E-state index contributed by atoms with van der Waals surface area (Å²) in [4.78, 5) is 8.33. The quantitative estimate of drug-likeness (QED) is 0.317. The van der Waals surface area contributed by atoms with Gasteiger partial charge in [0.1, 0.15) is 0 Å². The number of hydrogen-bond acceptors (Lipinski definition) is 4. The summed E-state index contributed by atoms with van der Waals surface area (Å²) in [7, 11) is 0. The Morgan fingerprint density at radius 1 is 1.71 bits per heavy atom. The zero-order valence-electron chi connectivity index (χ0n) is 3.71. The first-order valence-corrected chi connectivity index (χ1v) is 2.54. The molecule has 0 rings (SSSR count). The number of carboxylic acid groups (broad SMARTS) is 2. The standard InChI is InChI=1S/CH2O3.2Al.O.2H/c2-1(3)4;;;;;/h(H2,2,3,4);;;;;/q;;+2;;;/p-2. The molecule has 0 aromatic rings. The first kappa shape index (κ1) is 10.3. The van der Waals surface area contributed by atoms with Crippen LogP contribution < -0.4 is 10.2 Å². The van der Waals surface area contributed by atoms with Crippen LogP contribution in [-0.4, -0.2) is 39.4 Å². The molecule has 36 valence electrons. The first-order chi connectivity index (χ1) is 3.15. The molecule has 4 nitrogen and oxygen atoms in total. The fraction of sp³-hybridized carbons (Fsp3) is 0. The summed E-state index contributed by atoms with van der Waals surface area (Å²) in [6.07, 6.45) is -2.33. The predicted octanol–water partition coefficient (Wildman–Crippen LogP) is -3.81. The summed E-state index contributed by atoms with van der Waals surface area (Å²) in [6.45, 7) is 0. The molecule has 0 spiro atoms. The van der Waals surface area contributed by atoms with Gasteiger partial charge in [0.15, 0.2) is 0 Å². The van der Waals surface area contributed by atoms with E-state index in [9.17, 15) is 0 Å². The van der Waals surface area contributed by atoms with Gasteiger partial charge in [-0.3, -0.25) is 0 Å². The average molecular weight is 132 g/mol. The fourth-order valence-electron chi connectivity index (χ4n) is 0. The molecule has 0 amide bonds. The van der Waals surface area contributed by atoms with E-state index in [-0.39, 0.29) is 0 Å². The molecule has 0 fully saturated rings. The predicted molar refractivity (Wildman–Crippen MR) is 20.8 cm³/mol. The number of carbonyl (C=O) groups is 1. The van der Waals surface area contributed by atoms with Gasteiger partial charge in [-0.1, -0.05) is 0 Å². The molecular formula is CH2Al2O4. The number of rotatable bonds is 0. The van der Waals surface area contributed by atoms with Crippen LogP contribution >= 0.6 is 0 Å². The van der Waals surface area contributed by atoms with Crippen LogP contribution in [0.3, 0.4) is 0 Å². The summed E-state index contributed by atoms with van der Waals surface area (Å²) in [6, 6.07) is 0. The molecule has 0 bridgehead atoms. The molecule has 0 aromatic carbocycles. The molecule has 0 radical (unpaired) electrons. The van der Waals surface area contributed by atoms with Crippen molar-refractivity contribution >= 4 is 39.4 Å². The zero-order valence-corrected chi connectivity index (χ0v) is 6.87. The third kappa shape index (κ3) is 1330. The van der Waals surface area contributed by atoms with Crippen LogP contribution in [0.1, 0.15) is 0 Å². The molecular weight excluding hydrogens is 130 g/mol. The van der Waals surface area contributed by atoms with Crippen molar-refractivity contribution in [2.75, 3.05) is 0 Å². The first-order valence-electron chi connectivity index (χ1n) is 1.26. The van der Waals surface area contributed by atoms with E-state index < -0.39 is 6.16 Å². The molecule has 0 aliphatic carbocycles. The summed E-state index contributed by atoms with van der Waals surface area (Å²) < 4.78 is 4.31. The molecule has 0 aliphatic heterocycles. The van der Waals surface area contributed by atoms with Gasteiger partial charge in [0.25, 0.3) is 0 Å². The Morgan fingerprint density at radius 3 is 1.71 bits per heavy atom. The van der Waals surface area contributed by atoms with Crippen LogP contribution in [0.2, 0.25) is 0 Å². The zero-order chi connectivity index (χ0) is 6.28. The normalized spacial score (nSPS) is 6.00. The molecule has 0 saturated heterocycles. The Hall–Kier alpha value is 0.295. The van der Waals surface area contributed by atoms with Gasteiger partial charge < -0.3 is 15.0 Å². The van der Waals surface area contributed by atoms with Gasteiger partial charge in [0, 0.05) is 0 Å². The van der Waals surface area contributed by atoms with Crippen LogP contribution in [0.15, 0.2) is 0 Å². The minimum atomic E-state index is -2.33. The maximum atomic E-state index is 8.33. The topological polar surface area (TPSA) is 72.4 Å². The van der Waals surface area contributed by atoms with E-state index in [1.165, 1.54) is 0 Å². The molecule has 0 saturated carbocycles.